The van der Waals surface area contributed by atoms with Gasteiger partial charge in [-0.15, -0.1) is 0 Å². The molecule has 49 nitrogen and oxygen atoms in total. The smallest absolute Gasteiger partial charge is 0.217 e. The summed E-state index contributed by atoms with van der Waals surface area (Å²) in [6.07, 6.45) is -86.4. The lowest BCUT2D eigenvalue weighted by atomic mass is 9.93. The van der Waals surface area contributed by atoms with Crippen LogP contribution >= 0.6 is 0 Å². The molecule has 0 aromatic carbocycles. The minimum absolute atomic E-state index is 0.900. The molecular formula is C60H101N3O46. The SMILES string of the molecule is CC(=O)N[C@H]1[C@H](O[C@@H]2[C@@H](O[C@@H]3[C@H](O)[C@@H](O)O[C@H](CO[C@H]4O[C@H](CO)[C@@H](O)[C@H](O)[C@@H]4O[C@@H]4O[C@H](CO)[C@@H](O[C@@H]5O[C@H](CO)[C@H](O)[C@H](O)[C@H]5O)[C@H](O)[C@H]4NC(C)=O)[C@H]3O)O[C@H](CO)[C@@H](O[C@@H]3O[C@H](CO)[C@@H](O[C@@H]4O[C@H](CO)[C@H](O)[C@H](O)[C@H]4O)[C@H](O)[C@H]3NC(C)=O)[C@@H]2O)O[C@H](CO)[C@@H](O[C@@H]2O[C@H](CO)[C@H](O)[C@H](O)[C@H]2O)[C@@H]1O. The van der Waals surface area contributed by atoms with Crippen molar-refractivity contribution in [3.63, 3.8) is 0 Å². The maximum atomic E-state index is 13.1. The molecule has 9 aliphatic heterocycles. The van der Waals surface area contributed by atoms with Gasteiger partial charge < -0.3 is 229 Å². The van der Waals surface area contributed by atoms with Gasteiger partial charge in [0.15, 0.2) is 56.6 Å². The number of carbonyl (C=O) groups excluding carboxylic acids is 3. The Kier molecular flexibility index (Phi) is 32.1. The molecule has 0 unspecified atom stereocenters. The van der Waals surface area contributed by atoms with Crippen LogP contribution in [0.2, 0.25) is 0 Å². The zero-order valence-electron chi connectivity index (χ0n) is 58.1. The zero-order valence-corrected chi connectivity index (χ0v) is 58.1. The van der Waals surface area contributed by atoms with Crippen LogP contribution in [0.1, 0.15) is 20.8 Å². The van der Waals surface area contributed by atoms with Crippen LogP contribution in [0.25, 0.3) is 0 Å². The van der Waals surface area contributed by atoms with E-state index in [0.29, 0.717) is 0 Å². The highest BCUT2D eigenvalue weighted by Crippen LogP contribution is 2.40. The van der Waals surface area contributed by atoms with E-state index in [-0.39, 0.29) is 0 Å². The van der Waals surface area contributed by atoms with Crippen molar-refractivity contribution in [2.45, 2.75) is 297 Å². The van der Waals surface area contributed by atoms with E-state index in [9.17, 15) is 147 Å². The predicted octanol–water partition coefficient (Wildman–Crippen LogP) is -20.2. The van der Waals surface area contributed by atoms with E-state index >= 15 is 0 Å². The number of carbonyl (C=O) groups is 3. The van der Waals surface area contributed by atoms with Crippen LogP contribution in [-0.2, 0) is 94.9 Å². The zero-order chi connectivity index (χ0) is 80.2. The van der Waals surface area contributed by atoms with E-state index in [1.165, 1.54) is 0 Å². The third-order valence-corrected chi connectivity index (χ3v) is 20.0. The second kappa shape index (κ2) is 39.1. The molecular weight excluding hydrogens is 1500 g/mol. The Morgan fingerprint density at radius 1 is 0.239 bits per heavy atom. The van der Waals surface area contributed by atoms with Gasteiger partial charge in [-0.05, 0) is 0 Å². The summed E-state index contributed by atoms with van der Waals surface area (Å²) in [5, 5.41) is 292. The van der Waals surface area contributed by atoms with Crippen molar-refractivity contribution in [2.24, 2.45) is 0 Å². The third kappa shape index (κ3) is 19.5. The van der Waals surface area contributed by atoms with E-state index in [0.717, 1.165) is 20.8 Å². The molecule has 29 N–H and O–H groups in total. The van der Waals surface area contributed by atoms with Crippen molar-refractivity contribution in [3.8, 4) is 0 Å². The minimum atomic E-state index is -2.51. The molecule has 9 heterocycles. The third-order valence-electron chi connectivity index (χ3n) is 20.0. The van der Waals surface area contributed by atoms with Crippen LogP contribution in [0, 0.1) is 0 Å². The summed E-state index contributed by atoms with van der Waals surface area (Å²) in [7, 11) is 0. The van der Waals surface area contributed by atoms with Gasteiger partial charge in [0.05, 0.1) is 59.5 Å². The number of rotatable bonds is 28. The van der Waals surface area contributed by atoms with Crippen molar-refractivity contribution in [2.75, 3.05) is 59.5 Å². The average Bonchev–Trinajstić information content (AvgIpc) is 0.767. The lowest BCUT2D eigenvalue weighted by molar-refractivity contribution is -0.401. The Morgan fingerprint density at radius 2 is 0.495 bits per heavy atom. The summed E-state index contributed by atoms with van der Waals surface area (Å²) < 4.78 is 99.7. The van der Waals surface area contributed by atoms with E-state index in [1.54, 1.807) is 0 Å². The van der Waals surface area contributed by atoms with Gasteiger partial charge in [-0.3, -0.25) is 14.4 Å². The molecule has 9 rings (SSSR count). The number of nitrogens with one attached hydrogen (secondary N) is 3. The summed E-state index contributed by atoms with van der Waals surface area (Å²) in [6.45, 7) is -6.83. The van der Waals surface area contributed by atoms with E-state index in [1.807, 2.05) is 0 Å². The Labute approximate surface area is 616 Å². The Bertz CT molecular complexity index is 2840. The van der Waals surface area contributed by atoms with Gasteiger partial charge in [-0.1, -0.05) is 0 Å². The maximum absolute atomic E-state index is 13.1. The molecule has 9 aliphatic rings. The number of aliphatic hydroxyl groups excluding tert-OH is 26. The lowest BCUT2D eigenvalue weighted by Crippen LogP contribution is -2.71. The summed E-state index contributed by atoms with van der Waals surface area (Å²) in [4.78, 5) is 38.7. The molecule has 0 aromatic heterocycles. The molecule has 109 heavy (non-hydrogen) atoms. The fourth-order valence-corrected chi connectivity index (χ4v) is 14.0. The fraction of sp³-hybridized carbons (Fsp3) is 0.950. The van der Waals surface area contributed by atoms with Gasteiger partial charge in [0, 0.05) is 20.8 Å². The standard InChI is InChI=1S/C60H101N3O46/c1-13(72)61-25-33(80)45(104-56-40(87)36(83)28(75)16(4-64)95-56)20(8-68)99-53(25)103-48-23(11-71)102-60(51(43(48)90)109-55-27(63-15(3)74)35(82)47(22(10-70)101-55)106-58-42(89)38(85)30(77)18(6-66)97-58)107-49-32(79)24(94-52(92)44(49)91)12-93-59-50(39(86)31(78)19(7-67)98-59)108-54-26(62-14(2)73)34(81)46(21(9-69)100-54)105-57-41(88)37(84)29(76)17(5-65)96-57/h16-60,64-71,75-92H,4-12H2,1-3H3,(H,61,72)(H,62,73)(H,63,74)/t16-,17-,18-,19-,20-,21-,22-,23-,24-,25-,26-,27-,28+,29+,30+,31-,32-,33-,34-,35-,36+,37+,38+,39+,40-,41-,42-,43+,44+,45-,46-,47-,48-,49+,50+,51+,52+,53+,54+,55+,56+,57+,58+,59+,60-/m1/s1. The number of hydrogen-bond acceptors (Lipinski definition) is 46. The highest BCUT2D eigenvalue weighted by molar-refractivity contribution is 5.74. The molecule has 632 valence electrons. The molecule has 45 atom stereocenters. The van der Waals surface area contributed by atoms with Gasteiger partial charge in [0.2, 0.25) is 17.7 Å². The minimum Gasteiger partial charge on any atom is -0.394 e. The first kappa shape index (κ1) is 89.6. The first-order valence-corrected chi connectivity index (χ1v) is 34.6. The number of hydrogen-bond donors (Lipinski definition) is 29. The lowest BCUT2D eigenvalue weighted by Gasteiger charge is -2.52. The van der Waals surface area contributed by atoms with Crippen LogP contribution in [0.15, 0.2) is 0 Å². The number of amides is 3. The van der Waals surface area contributed by atoms with Crippen LogP contribution in [0.4, 0.5) is 0 Å². The van der Waals surface area contributed by atoms with Gasteiger partial charge in [0.1, 0.15) is 220 Å². The van der Waals surface area contributed by atoms with Crippen molar-refractivity contribution < 1.29 is 228 Å². The number of ether oxygens (including phenoxy) is 17. The molecule has 9 fully saturated rings. The number of aliphatic hydroxyl groups is 26. The molecule has 0 bridgehead atoms. The molecule has 0 aromatic rings. The van der Waals surface area contributed by atoms with Gasteiger partial charge in [-0.2, -0.15) is 0 Å². The average molecular weight is 1600 g/mol. The molecule has 3 amide bonds. The second-order valence-corrected chi connectivity index (χ2v) is 27.4. The summed E-state index contributed by atoms with van der Waals surface area (Å²) in [5.41, 5.74) is 0. The predicted molar refractivity (Wildman–Crippen MR) is 332 cm³/mol. The molecule has 0 saturated carbocycles. The first-order valence-electron chi connectivity index (χ1n) is 34.6. The highest BCUT2D eigenvalue weighted by atomic mass is 16.8. The fourth-order valence-electron chi connectivity index (χ4n) is 14.0. The van der Waals surface area contributed by atoms with Crippen molar-refractivity contribution in [1.29, 1.82) is 0 Å². The molecule has 9 saturated heterocycles. The van der Waals surface area contributed by atoms with Crippen molar-refractivity contribution >= 4 is 17.7 Å². The van der Waals surface area contributed by atoms with Crippen molar-refractivity contribution in [1.82, 2.24) is 16.0 Å². The van der Waals surface area contributed by atoms with Gasteiger partial charge in [-0.25, -0.2) is 0 Å². The summed E-state index contributed by atoms with van der Waals surface area (Å²) >= 11 is 0. The maximum Gasteiger partial charge on any atom is 0.217 e. The highest BCUT2D eigenvalue weighted by Gasteiger charge is 2.61. The van der Waals surface area contributed by atoms with Crippen LogP contribution in [0.5, 0.6) is 0 Å². The van der Waals surface area contributed by atoms with Crippen LogP contribution in [-0.4, -0.2) is 486 Å². The quantitative estimate of drug-likeness (QED) is 0.0346. The van der Waals surface area contributed by atoms with E-state index in [4.69, 9.17) is 80.5 Å². The topological polar surface area (TPSA) is 770 Å². The summed E-state index contributed by atoms with van der Waals surface area (Å²) in [5.74, 6) is -2.83. The molecule has 0 radical (unpaired) electrons. The van der Waals surface area contributed by atoms with E-state index < -0.39 is 353 Å². The van der Waals surface area contributed by atoms with E-state index in [2.05, 4.69) is 16.0 Å². The Morgan fingerprint density at radius 3 is 0.817 bits per heavy atom. The van der Waals surface area contributed by atoms with Gasteiger partial charge in [0.25, 0.3) is 0 Å². The summed E-state index contributed by atoms with van der Waals surface area (Å²) in [6, 6.07) is -5.77. The first-order chi connectivity index (χ1) is 51.6. The monoisotopic (exact) mass is 1600 g/mol. The van der Waals surface area contributed by atoms with Crippen LogP contribution in [0.3, 0.4) is 0 Å². The normalized spacial score (nSPS) is 50.0. The molecule has 49 heteroatoms. The van der Waals surface area contributed by atoms with Crippen LogP contribution < -0.4 is 16.0 Å². The Hall–Kier alpha value is -3.31. The Balaban J connectivity index is 1.01. The molecule has 0 aliphatic carbocycles. The molecule has 0 spiro atoms. The largest absolute Gasteiger partial charge is 0.394 e. The second-order valence-electron chi connectivity index (χ2n) is 27.4. The van der Waals surface area contributed by atoms with Gasteiger partial charge >= 0.3 is 0 Å². The van der Waals surface area contributed by atoms with Crippen molar-refractivity contribution in [3.05, 3.63) is 0 Å².